The van der Waals surface area contributed by atoms with E-state index < -0.39 is 17.7 Å². The lowest BCUT2D eigenvalue weighted by atomic mass is 10.0. The average Bonchev–Trinajstić information content (AvgIpc) is 3.12. The molecule has 1 N–H and O–H groups in total. The van der Waals surface area contributed by atoms with Crippen LogP contribution in [0, 0.1) is 11.6 Å². The molecule has 0 fully saturated rings. The van der Waals surface area contributed by atoms with E-state index in [1.807, 2.05) is 31.2 Å². The van der Waals surface area contributed by atoms with Crippen molar-refractivity contribution in [1.82, 2.24) is 5.32 Å². The SMILES string of the molecule is CCc1ccccc1CNC(=O)C1CC(c2cc(F)ccc2F)=NO1. The molecule has 130 valence electrons. The number of hydrogen-bond acceptors (Lipinski definition) is 3. The third kappa shape index (κ3) is 3.84. The topological polar surface area (TPSA) is 50.7 Å². The van der Waals surface area contributed by atoms with Crippen LogP contribution in [0.4, 0.5) is 8.78 Å². The summed E-state index contributed by atoms with van der Waals surface area (Å²) in [6, 6.07) is 11.0. The van der Waals surface area contributed by atoms with Crippen molar-refractivity contribution in [3.8, 4) is 0 Å². The third-order valence-corrected chi connectivity index (χ3v) is 4.15. The molecule has 6 heteroatoms. The first-order valence-electron chi connectivity index (χ1n) is 8.11. The van der Waals surface area contributed by atoms with Gasteiger partial charge in [-0.25, -0.2) is 8.78 Å². The molecule has 1 aliphatic heterocycles. The van der Waals surface area contributed by atoms with Gasteiger partial charge in [-0.15, -0.1) is 0 Å². The van der Waals surface area contributed by atoms with Gasteiger partial charge in [0.2, 0.25) is 6.10 Å². The van der Waals surface area contributed by atoms with Crippen molar-refractivity contribution >= 4 is 11.6 Å². The van der Waals surface area contributed by atoms with Crippen LogP contribution in [-0.4, -0.2) is 17.7 Å². The summed E-state index contributed by atoms with van der Waals surface area (Å²) in [5.74, 6) is -1.49. The second-order valence-electron chi connectivity index (χ2n) is 5.80. The molecular formula is C19H18F2N2O2. The van der Waals surface area contributed by atoms with Gasteiger partial charge in [-0.2, -0.15) is 0 Å². The Kier molecular flexibility index (Phi) is 5.07. The molecule has 0 saturated heterocycles. The number of hydrogen-bond donors (Lipinski definition) is 1. The Morgan fingerprint density at radius 3 is 2.76 bits per heavy atom. The summed E-state index contributed by atoms with van der Waals surface area (Å²) < 4.78 is 27.1. The smallest absolute Gasteiger partial charge is 0.264 e. The van der Waals surface area contributed by atoms with E-state index in [1.165, 1.54) is 0 Å². The van der Waals surface area contributed by atoms with E-state index >= 15 is 0 Å². The van der Waals surface area contributed by atoms with Gasteiger partial charge in [0, 0.05) is 18.5 Å². The van der Waals surface area contributed by atoms with Gasteiger partial charge in [0.05, 0.1) is 5.71 Å². The Bertz CT molecular complexity index is 821. The van der Waals surface area contributed by atoms with E-state index in [4.69, 9.17) is 4.84 Å². The van der Waals surface area contributed by atoms with Crippen LogP contribution in [0.15, 0.2) is 47.6 Å². The van der Waals surface area contributed by atoms with Gasteiger partial charge in [0.1, 0.15) is 11.6 Å². The fraction of sp³-hybridized carbons (Fsp3) is 0.263. The van der Waals surface area contributed by atoms with Gasteiger partial charge >= 0.3 is 0 Å². The Hall–Kier alpha value is -2.76. The molecule has 1 atom stereocenters. The molecule has 0 saturated carbocycles. The molecule has 2 aromatic carbocycles. The van der Waals surface area contributed by atoms with Crippen LogP contribution in [0.2, 0.25) is 0 Å². The molecule has 25 heavy (non-hydrogen) atoms. The average molecular weight is 344 g/mol. The number of amides is 1. The molecule has 0 radical (unpaired) electrons. The Balaban J connectivity index is 1.61. The molecule has 4 nitrogen and oxygen atoms in total. The zero-order valence-corrected chi connectivity index (χ0v) is 13.8. The molecule has 0 bridgehead atoms. The first-order chi connectivity index (χ1) is 12.1. The normalized spacial score (nSPS) is 16.3. The maximum Gasteiger partial charge on any atom is 0.264 e. The number of oxime groups is 1. The molecule has 2 aromatic rings. The summed E-state index contributed by atoms with van der Waals surface area (Å²) in [6.45, 7) is 2.43. The summed E-state index contributed by atoms with van der Waals surface area (Å²) in [5.41, 5.74) is 2.44. The van der Waals surface area contributed by atoms with Crippen LogP contribution in [0.5, 0.6) is 0 Å². The van der Waals surface area contributed by atoms with E-state index in [0.29, 0.717) is 6.54 Å². The Morgan fingerprint density at radius 2 is 2.00 bits per heavy atom. The van der Waals surface area contributed by atoms with Gasteiger partial charge in [-0.3, -0.25) is 4.79 Å². The summed E-state index contributed by atoms with van der Waals surface area (Å²) in [6.07, 6.45) is 0.131. The van der Waals surface area contributed by atoms with Crippen LogP contribution in [0.1, 0.15) is 30.0 Å². The van der Waals surface area contributed by atoms with Crippen LogP contribution < -0.4 is 5.32 Å². The number of carbonyl (C=O) groups excluding carboxylic acids is 1. The predicted octanol–water partition coefficient (Wildman–Crippen LogP) is 3.34. The van der Waals surface area contributed by atoms with Gasteiger partial charge in [0.25, 0.3) is 5.91 Å². The number of carbonyl (C=O) groups is 1. The fourth-order valence-electron chi connectivity index (χ4n) is 2.77. The summed E-state index contributed by atoms with van der Waals surface area (Å²) in [5, 5.41) is 6.56. The van der Waals surface area contributed by atoms with Crippen LogP contribution in [0.3, 0.4) is 0 Å². The second kappa shape index (κ2) is 7.42. The molecular weight excluding hydrogens is 326 g/mol. The zero-order valence-electron chi connectivity index (χ0n) is 13.8. The minimum absolute atomic E-state index is 0.0200. The van der Waals surface area contributed by atoms with Gasteiger partial charge in [0.15, 0.2) is 0 Å². The van der Waals surface area contributed by atoms with Crippen molar-refractivity contribution in [3.63, 3.8) is 0 Å². The quantitative estimate of drug-likeness (QED) is 0.904. The Labute approximate surface area is 144 Å². The first kappa shape index (κ1) is 17.1. The summed E-state index contributed by atoms with van der Waals surface area (Å²) in [4.78, 5) is 17.4. The van der Waals surface area contributed by atoms with E-state index in [-0.39, 0.29) is 23.6 Å². The second-order valence-corrected chi connectivity index (χ2v) is 5.80. The summed E-state index contributed by atoms with van der Waals surface area (Å²) in [7, 11) is 0. The Morgan fingerprint density at radius 1 is 1.24 bits per heavy atom. The van der Waals surface area contributed by atoms with Gasteiger partial charge in [-0.1, -0.05) is 36.3 Å². The van der Waals surface area contributed by atoms with E-state index in [0.717, 1.165) is 35.7 Å². The van der Waals surface area contributed by atoms with Crippen molar-refractivity contribution in [2.75, 3.05) is 0 Å². The fourth-order valence-corrected chi connectivity index (χ4v) is 2.77. The molecule has 1 heterocycles. The minimum Gasteiger partial charge on any atom is -0.382 e. The monoisotopic (exact) mass is 344 g/mol. The molecule has 1 unspecified atom stereocenters. The third-order valence-electron chi connectivity index (χ3n) is 4.15. The van der Waals surface area contributed by atoms with Crippen molar-refractivity contribution in [1.29, 1.82) is 0 Å². The lowest BCUT2D eigenvalue weighted by Crippen LogP contribution is -2.34. The lowest BCUT2D eigenvalue weighted by Gasteiger charge is -2.12. The number of benzene rings is 2. The standard InChI is InChI=1S/C19H18F2N2O2/c1-2-12-5-3-4-6-13(12)11-22-19(24)18-10-17(23-25-18)15-9-14(20)7-8-16(15)21/h3-9,18H,2,10-11H2,1H3,(H,22,24). The number of aryl methyl sites for hydroxylation is 1. The molecule has 0 aromatic heterocycles. The van der Waals surface area contributed by atoms with Crippen molar-refractivity contribution in [2.24, 2.45) is 5.16 Å². The number of rotatable bonds is 5. The summed E-state index contributed by atoms with van der Waals surface area (Å²) >= 11 is 0. The highest BCUT2D eigenvalue weighted by molar-refractivity contribution is 6.04. The molecule has 1 aliphatic rings. The lowest BCUT2D eigenvalue weighted by molar-refractivity contribution is -0.131. The van der Waals surface area contributed by atoms with E-state index in [1.54, 1.807) is 0 Å². The molecule has 1 amide bonds. The van der Waals surface area contributed by atoms with E-state index in [2.05, 4.69) is 10.5 Å². The number of halogens is 2. The van der Waals surface area contributed by atoms with Crippen molar-refractivity contribution in [2.45, 2.75) is 32.4 Å². The first-order valence-corrected chi connectivity index (χ1v) is 8.11. The van der Waals surface area contributed by atoms with Crippen LogP contribution in [-0.2, 0) is 22.6 Å². The number of nitrogens with zero attached hydrogens (tertiary/aromatic N) is 1. The van der Waals surface area contributed by atoms with Crippen LogP contribution >= 0.6 is 0 Å². The minimum atomic E-state index is -0.841. The number of nitrogens with one attached hydrogen (secondary N) is 1. The highest BCUT2D eigenvalue weighted by atomic mass is 19.1. The zero-order chi connectivity index (χ0) is 17.8. The van der Waals surface area contributed by atoms with Crippen LogP contribution in [0.25, 0.3) is 0 Å². The van der Waals surface area contributed by atoms with Gasteiger partial charge in [-0.05, 0) is 35.7 Å². The highest BCUT2D eigenvalue weighted by Gasteiger charge is 2.30. The highest BCUT2D eigenvalue weighted by Crippen LogP contribution is 2.20. The maximum atomic E-state index is 13.8. The molecule has 3 rings (SSSR count). The van der Waals surface area contributed by atoms with Gasteiger partial charge < -0.3 is 10.2 Å². The van der Waals surface area contributed by atoms with Crippen molar-refractivity contribution < 1.29 is 18.4 Å². The molecule has 0 aliphatic carbocycles. The maximum absolute atomic E-state index is 13.8. The predicted molar refractivity (Wildman–Crippen MR) is 90.1 cm³/mol. The van der Waals surface area contributed by atoms with Crippen molar-refractivity contribution in [3.05, 3.63) is 70.8 Å². The van der Waals surface area contributed by atoms with E-state index in [9.17, 15) is 13.6 Å². The molecule has 0 spiro atoms. The largest absolute Gasteiger partial charge is 0.382 e.